The van der Waals surface area contributed by atoms with E-state index in [0.29, 0.717) is 11.4 Å². The third kappa shape index (κ3) is 2.85. The van der Waals surface area contributed by atoms with E-state index in [2.05, 4.69) is 10.2 Å². The van der Waals surface area contributed by atoms with Crippen LogP contribution in [-0.2, 0) is 0 Å². The van der Waals surface area contributed by atoms with E-state index in [1.165, 1.54) is 30.4 Å². The molecule has 2 aromatic rings. The molecule has 0 aliphatic rings. The molecule has 1 N–H and O–H groups in total. The van der Waals surface area contributed by atoms with Gasteiger partial charge in [-0.15, -0.1) is 0 Å². The van der Waals surface area contributed by atoms with Crippen LogP contribution in [0.4, 0.5) is 0 Å². The molecule has 0 aliphatic carbocycles. The van der Waals surface area contributed by atoms with Gasteiger partial charge in [0.25, 0.3) is 0 Å². The summed E-state index contributed by atoms with van der Waals surface area (Å²) in [6.07, 6.45) is 2.96. The van der Waals surface area contributed by atoms with Crippen molar-refractivity contribution in [2.75, 3.05) is 7.11 Å². The molecule has 1 heterocycles. The Bertz CT molecular complexity index is 519. The number of ether oxygens (including phenoxy) is 1. The molecule has 6 nitrogen and oxygen atoms in total. The fourth-order valence-corrected chi connectivity index (χ4v) is 1.33. The number of methoxy groups -OCH3 is 1. The van der Waals surface area contributed by atoms with E-state index in [4.69, 9.17) is 9.84 Å². The summed E-state index contributed by atoms with van der Waals surface area (Å²) in [6.45, 7) is 0. The van der Waals surface area contributed by atoms with Crippen molar-refractivity contribution in [3.05, 3.63) is 36.2 Å². The molecule has 0 unspecified atom stereocenters. The minimum Gasteiger partial charge on any atom is -1.00 e. The molecule has 2 rings (SSSR count). The molecule has 0 amide bonds. The maximum atomic E-state index is 11.1. The first-order valence-corrected chi connectivity index (χ1v) is 4.50. The fraction of sp³-hybridized carbons (Fsp3) is 0.100. The summed E-state index contributed by atoms with van der Waals surface area (Å²) in [5, 5.41) is 16.8. The summed E-state index contributed by atoms with van der Waals surface area (Å²) in [7, 11) is 1.48. The molecule has 1 aromatic heterocycles. The van der Waals surface area contributed by atoms with E-state index < -0.39 is 5.97 Å². The van der Waals surface area contributed by atoms with Gasteiger partial charge in [-0.1, -0.05) is 0 Å². The van der Waals surface area contributed by atoms with Gasteiger partial charge in [-0.2, -0.15) is 15.0 Å². The van der Waals surface area contributed by atoms with Crippen LogP contribution in [0.1, 0.15) is 11.8 Å². The van der Waals surface area contributed by atoms with Crippen molar-refractivity contribution < 1.29 is 45.6 Å². The van der Waals surface area contributed by atoms with Gasteiger partial charge in [-0.25, -0.2) is 4.79 Å². The van der Waals surface area contributed by atoms with Crippen LogP contribution < -0.4 is 34.3 Å². The number of carbonyl (C=O) groups is 1. The third-order valence-electron chi connectivity index (χ3n) is 2.07. The van der Waals surface area contributed by atoms with Crippen molar-refractivity contribution in [2.45, 2.75) is 0 Å². The van der Waals surface area contributed by atoms with Crippen molar-refractivity contribution in [3.8, 4) is 11.4 Å². The predicted octanol–water partition coefficient (Wildman–Crippen LogP) is -1.91. The second-order valence-corrected chi connectivity index (χ2v) is 3.01. The number of hydrogen-bond acceptors (Lipinski definition) is 4. The number of aromatic nitrogens is 3. The zero-order valence-electron chi connectivity index (χ0n) is 10.5. The number of aromatic carboxylic acids is 1. The molecular formula is C10H10N3NaO3. The van der Waals surface area contributed by atoms with E-state index in [-0.39, 0.29) is 36.5 Å². The van der Waals surface area contributed by atoms with E-state index in [0.717, 1.165) is 0 Å². The summed E-state index contributed by atoms with van der Waals surface area (Å²) < 4.78 is 4.96. The van der Waals surface area contributed by atoms with Gasteiger partial charge in [0.05, 0.1) is 25.1 Å². The number of carboxylic acids is 1. The van der Waals surface area contributed by atoms with Crippen molar-refractivity contribution in [1.29, 1.82) is 0 Å². The molecule has 7 heteroatoms. The number of rotatable bonds is 3. The Kier molecular flexibility index (Phi) is 4.68. The Labute approximate surface area is 121 Å². The molecule has 0 saturated heterocycles. The van der Waals surface area contributed by atoms with Gasteiger partial charge in [0.1, 0.15) is 11.4 Å². The normalized spacial score (nSPS) is 9.47. The second kappa shape index (κ2) is 5.81. The monoisotopic (exact) mass is 243 g/mol. The summed E-state index contributed by atoms with van der Waals surface area (Å²) in [6, 6.07) is 4.69. The Morgan fingerprint density at radius 1 is 1.41 bits per heavy atom. The van der Waals surface area contributed by atoms with Crippen molar-refractivity contribution in [1.82, 2.24) is 15.0 Å². The summed E-state index contributed by atoms with van der Waals surface area (Å²) in [5.41, 5.74) is 0.494. The first-order valence-electron chi connectivity index (χ1n) is 4.50. The minimum absolute atomic E-state index is 0. The SMILES string of the molecule is COc1ccc(-n2nccn2)c(C(=O)O)c1.[H-].[Na+]. The molecule has 0 bridgehead atoms. The van der Waals surface area contributed by atoms with Gasteiger partial charge in [-0.05, 0) is 18.2 Å². The summed E-state index contributed by atoms with van der Waals surface area (Å²) >= 11 is 0. The van der Waals surface area contributed by atoms with Crippen LogP contribution in [0.15, 0.2) is 30.6 Å². The Morgan fingerprint density at radius 2 is 2.06 bits per heavy atom. The topological polar surface area (TPSA) is 77.2 Å². The second-order valence-electron chi connectivity index (χ2n) is 3.01. The van der Waals surface area contributed by atoms with Crippen molar-refractivity contribution >= 4 is 5.97 Å². The van der Waals surface area contributed by atoms with Crippen LogP contribution in [0.5, 0.6) is 5.75 Å². The molecule has 0 radical (unpaired) electrons. The van der Waals surface area contributed by atoms with Gasteiger partial charge >= 0.3 is 35.5 Å². The molecule has 84 valence electrons. The molecule has 0 saturated carbocycles. The van der Waals surface area contributed by atoms with Crippen LogP contribution >= 0.6 is 0 Å². The maximum Gasteiger partial charge on any atom is 1.00 e. The number of benzene rings is 1. The molecule has 17 heavy (non-hydrogen) atoms. The number of carboxylic acid groups (broad SMARTS) is 1. The van der Waals surface area contributed by atoms with Gasteiger partial charge in [0.2, 0.25) is 0 Å². The molecule has 0 aliphatic heterocycles. The standard InChI is InChI=1S/C10H9N3O3.Na.H/c1-16-7-2-3-9(8(6-7)10(14)15)13-11-4-5-12-13;;/h2-6H,1H3,(H,14,15);;/q;+1;-1. The summed E-state index contributed by atoms with van der Waals surface area (Å²) in [5.74, 6) is -0.570. The van der Waals surface area contributed by atoms with Crippen LogP contribution in [0.25, 0.3) is 5.69 Å². The van der Waals surface area contributed by atoms with E-state index >= 15 is 0 Å². The van der Waals surface area contributed by atoms with Crippen LogP contribution in [0.2, 0.25) is 0 Å². The molecule has 0 fully saturated rings. The van der Waals surface area contributed by atoms with Crippen LogP contribution in [0, 0.1) is 0 Å². The fourth-order valence-electron chi connectivity index (χ4n) is 1.33. The van der Waals surface area contributed by atoms with E-state index in [1.54, 1.807) is 12.1 Å². The number of hydrogen-bond donors (Lipinski definition) is 1. The zero-order valence-corrected chi connectivity index (χ0v) is 11.5. The quantitative estimate of drug-likeness (QED) is 0.637. The smallest absolute Gasteiger partial charge is 1.00 e. The van der Waals surface area contributed by atoms with Gasteiger partial charge in [-0.3, -0.25) is 0 Å². The Hall–Kier alpha value is -1.37. The van der Waals surface area contributed by atoms with Crippen molar-refractivity contribution in [2.24, 2.45) is 0 Å². The summed E-state index contributed by atoms with van der Waals surface area (Å²) in [4.78, 5) is 12.3. The molecule has 0 spiro atoms. The molecular weight excluding hydrogens is 233 g/mol. The molecule has 0 atom stereocenters. The third-order valence-corrected chi connectivity index (χ3v) is 2.07. The van der Waals surface area contributed by atoms with E-state index in [1.807, 2.05) is 0 Å². The van der Waals surface area contributed by atoms with Crippen molar-refractivity contribution in [3.63, 3.8) is 0 Å². The first-order chi connectivity index (χ1) is 7.72. The van der Waals surface area contributed by atoms with Crippen LogP contribution in [0.3, 0.4) is 0 Å². The van der Waals surface area contributed by atoms with Gasteiger partial charge in [0.15, 0.2) is 0 Å². The van der Waals surface area contributed by atoms with Crippen LogP contribution in [-0.4, -0.2) is 33.2 Å². The predicted molar refractivity (Wildman–Crippen MR) is 56.0 cm³/mol. The average Bonchev–Trinajstić information content (AvgIpc) is 2.81. The number of nitrogens with zero attached hydrogens (tertiary/aromatic N) is 3. The largest absolute Gasteiger partial charge is 1.00 e. The van der Waals surface area contributed by atoms with Gasteiger partial charge in [0, 0.05) is 0 Å². The Morgan fingerprint density at radius 3 is 2.59 bits per heavy atom. The minimum atomic E-state index is -1.05. The molecule has 1 aromatic carbocycles. The Balaban J connectivity index is 0.00000144. The maximum absolute atomic E-state index is 11.1. The van der Waals surface area contributed by atoms with E-state index in [9.17, 15) is 4.79 Å². The average molecular weight is 243 g/mol. The first kappa shape index (κ1) is 13.7. The van der Waals surface area contributed by atoms with Gasteiger partial charge < -0.3 is 11.3 Å². The zero-order chi connectivity index (χ0) is 11.5.